The molecule has 4 heteroatoms. The number of hydrogen-bond acceptors (Lipinski definition) is 4. The lowest BCUT2D eigenvalue weighted by molar-refractivity contribution is 0.299. The number of nitrogens with zero attached hydrogens (tertiary/aromatic N) is 1. The van der Waals surface area contributed by atoms with Gasteiger partial charge in [0.25, 0.3) is 0 Å². The monoisotopic (exact) mass is 248 g/mol. The van der Waals surface area contributed by atoms with Gasteiger partial charge in [0.15, 0.2) is 0 Å². The molecule has 0 fully saturated rings. The minimum absolute atomic E-state index is 0.201. The van der Waals surface area contributed by atoms with Gasteiger partial charge in [-0.3, -0.25) is 0 Å². The summed E-state index contributed by atoms with van der Waals surface area (Å²) < 4.78 is 0. The number of nitrogens with one attached hydrogen (secondary N) is 1. The summed E-state index contributed by atoms with van der Waals surface area (Å²) in [6, 6.07) is 8.17. The fraction of sp³-hybridized carbons (Fsp3) is 0.308. The number of aliphatic hydroxyl groups excluding tert-OH is 1. The predicted octanol–water partition coefficient (Wildman–Crippen LogP) is 2.60. The lowest BCUT2D eigenvalue weighted by atomic mass is 10.1. The highest BCUT2D eigenvalue weighted by molar-refractivity contribution is 7.09. The molecular weight excluding hydrogens is 232 g/mol. The van der Waals surface area contributed by atoms with Gasteiger partial charge < -0.3 is 10.4 Å². The third-order valence-electron chi connectivity index (χ3n) is 2.65. The molecule has 0 radical (unpaired) electrons. The van der Waals surface area contributed by atoms with Crippen LogP contribution in [-0.2, 0) is 13.0 Å². The SMILES string of the molecule is Cc1ncsc1CNc1ccc(CCO)cc1. The number of aryl methyl sites for hydroxylation is 1. The average molecular weight is 248 g/mol. The molecule has 2 N–H and O–H groups in total. The van der Waals surface area contributed by atoms with E-state index in [2.05, 4.69) is 10.3 Å². The van der Waals surface area contributed by atoms with Gasteiger partial charge in [-0.05, 0) is 31.0 Å². The first-order chi connectivity index (χ1) is 8.29. The van der Waals surface area contributed by atoms with Crippen LogP contribution in [0.1, 0.15) is 16.1 Å². The molecule has 0 bridgehead atoms. The molecule has 0 aliphatic heterocycles. The zero-order chi connectivity index (χ0) is 12.1. The molecule has 2 aromatic rings. The Hall–Kier alpha value is -1.39. The highest BCUT2D eigenvalue weighted by Gasteiger charge is 2.00. The van der Waals surface area contributed by atoms with Crippen molar-refractivity contribution in [2.45, 2.75) is 19.9 Å². The van der Waals surface area contributed by atoms with Gasteiger partial charge in [0.05, 0.1) is 17.7 Å². The summed E-state index contributed by atoms with van der Waals surface area (Å²) in [5.41, 5.74) is 5.22. The van der Waals surface area contributed by atoms with E-state index in [-0.39, 0.29) is 6.61 Å². The van der Waals surface area contributed by atoms with Crippen molar-refractivity contribution in [3.8, 4) is 0 Å². The molecule has 0 saturated heterocycles. The van der Waals surface area contributed by atoms with E-state index in [1.54, 1.807) is 11.3 Å². The van der Waals surface area contributed by atoms with Gasteiger partial charge in [-0.15, -0.1) is 11.3 Å². The van der Waals surface area contributed by atoms with Crippen LogP contribution in [0.25, 0.3) is 0 Å². The van der Waals surface area contributed by atoms with Crippen LogP contribution in [0, 0.1) is 6.92 Å². The molecule has 1 heterocycles. The van der Waals surface area contributed by atoms with Crippen LogP contribution >= 0.6 is 11.3 Å². The van der Waals surface area contributed by atoms with E-state index in [1.807, 2.05) is 36.7 Å². The van der Waals surface area contributed by atoms with E-state index < -0.39 is 0 Å². The lowest BCUT2D eigenvalue weighted by Gasteiger charge is -2.06. The number of hydrogen-bond donors (Lipinski definition) is 2. The van der Waals surface area contributed by atoms with Crippen LogP contribution in [0.3, 0.4) is 0 Å². The topological polar surface area (TPSA) is 45.2 Å². The van der Waals surface area contributed by atoms with Crippen molar-refractivity contribution < 1.29 is 5.11 Å². The van der Waals surface area contributed by atoms with Crippen LogP contribution in [0.2, 0.25) is 0 Å². The average Bonchev–Trinajstić information content (AvgIpc) is 2.75. The Labute approximate surface area is 105 Å². The molecule has 90 valence electrons. The van der Waals surface area contributed by atoms with Gasteiger partial charge in [0, 0.05) is 17.2 Å². The van der Waals surface area contributed by atoms with E-state index in [0.29, 0.717) is 6.42 Å². The second-order valence-electron chi connectivity index (χ2n) is 3.89. The number of benzene rings is 1. The Morgan fingerprint density at radius 3 is 2.65 bits per heavy atom. The summed E-state index contributed by atoms with van der Waals surface area (Å²) in [6.07, 6.45) is 0.717. The molecule has 1 aromatic heterocycles. The van der Waals surface area contributed by atoms with Gasteiger partial charge in [0.2, 0.25) is 0 Å². The molecule has 17 heavy (non-hydrogen) atoms. The minimum Gasteiger partial charge on any atom is -0.396 e. The van der Waals surface area contributed by atoms with E-state index in [9.17, 15) is 0 Å². The lowest BCUT2D eigenvalue weighted by Crippen LogP contribution is -1.99. The van der Waals surface area contributed by atoms with Crippen molar-refractivity contribution >= 4 is 17.0 Å². The van der Waals surface area contributed by atoms with Crippen LogP contribution in [0.4, 0.5) is 5.69 Å². The number of anilines is 1. The van der Waals surface area contributed by atoms with Gasteiger partial charge in [0.1, 0.15) is 0 Å². The van der Waals surface area contributed by atoms with Gasteiger partial charge >= 0.3 is 0 Å². The summed E-state index contributed by atoms with van der Waals surface area (Å²) in [6.45, 7) is 3.04. The molecule has 0 spiro atoms. The number of aliphatic hydroxyl groups is 1. The summed E-state index contributed by atoms with van der Waals surface area (Å²) in [7, 11) is 0. The van der Waals surface area contributed by atoms with Gasteiger partial charge in [-0.1, -0.05) is 12.1 Å². The molecule has 0 unspecified atom stereocenters. The highest BCUT2D eigenvalue weighted by atomic mass is 32.1. The molecule has 0 atom stereocenters. The maximum absolute atomic E-state index is 8.83. The Balaban J connectivity index is 1.93. The van der Waals surface area contributed by atoms with Crippen molar-refractivity contribution in [3.05, 3.63) is 45.9 Å². The quantitative estimate of drug-likeness (QED) is 0.855. The number of aromatic nitrogens is 1. The fourth-order valence-corrected chi connectivity index (χ4v) is 2.31. The predicted molar refractivity (Wildman–Crippen MR) is 71.4 cm³/mol. The number of rotatable bonds is 5. The zero-order valence-corrected chi connectivity index (χ0v) is 10.6. The van der Waals surface area contributed by atoms with E-state index in [1.165, 1.54) is 4.88 Å². The van der Waals surface area contributed by atoms with Crippen LogP contribution in [0.5, 0.6) is 0 Å². The Bertz CT molecular complexity index is 465. The van der Waals surface area contributed by atoms with Crippen LogP contribution < -0.4 is 5.32 Å². The zero-order valence-electron chi connectivity index (χ0n) is 9.81. The van der Waals surface area contributed by atoms with E-state index >= 15 is 0 Å². The highest BCUT2D eigenvalue weighted by Crippen LogP contribution is 2.15. The van der Waals surface area contributed by atoms with Crippen molar-refractivity contribution in [2.24, 2.45) is 0 Å². The molecule has 1 aromatic carbocycles. The Kier molecular flexibility index (Phi) is 4.12. The molecule has 3 nitrogen and oxygen atoms in total. The van der Waals surface area contributed by atoms with Gasteiger partial charge in [-0.2, -0.15) is 0 Å². The Morgan fingerprint density at radius 2 is 2.06 bits per heavy atom. The van der Waals surface area contributed by atoms with Crippen LogP contribution in [-0.4, -0.2) is 16.7 Å². The summed E-state index contributed by atoms with van der Waals surface area (Å²) in [5.74, 6) is 0. The smallest absolute Gasteiger partial charge is 0.0798 e. The minimum atomic E-state index is 0.201. The second-order valence-corrected chi connectivity index (χ2v) is 4.82. The number of thiazole rings is 1. The Morgan fingerprint density at radius 1 is 1.29 bits per heavy atom. The van der Waals surface area contributed by atoms with E-state index in [4.69, 9.17) is 5.11 Å². The van der Waals surface area contributed by atoms with E-state index in [0.717, 1.165) is 23.5 Å². The first-order valence-corrected chi connectivity index (χ1v) is 6.50. The summed E-state index contributed by atoms with van der Waals surface area (Å²) >= 11 is 1.67. The van der Waals surface area contributed by atoms with Crippen molar-refractivity contribution in [1.82, 2.24) is 4.98 Å². The standard InChI is InChI=1S/C13H16N2OS/c1-10-13(17-9-15-10)8-14-12-4-2-11(3-5-12)6-7-16/h2-5,9,14,16H,6-8H2,1H3. The molecule has 2 rings (SSSR count). The largest absolute Gasteiger partial charge is 0.396 e. The maximum atomic E-state index is 8.83. The third-order valence-corrected chi connectivity index (χ3v) is 3.59. The van der Waals surface area contributed by atoms with Crippen molar-refractivity contribution in [2.75, 3.05) is 11.9 Å². The van der Waals surface area contributed by atoms with Crippen molar-refractivity contribution in [1.29, 1.82) is 0 Å². The summed E-state index contributed by atoms with van der Waals surface area (Å²) in [4.78, 5) is 5.49. The summed E-state index contributed by atoms with van der Waals surface area (Å²) in [5, 5.41) is 12.2. The molecular formula is C13H16N2OS. The van der Waals surface area contributed by atoms with Crippen LogP contribution in [0.15, 0.2) is 29.8 Å². The normalized spacial score (nSPS) is 10.5. The maximum Gasteiger partial charge on any atom is 0.0798 e. The second kappa shape index (κ2) is 5.80. The van der Waals surface area contributed by atoms with Crippen molar-refractivity contribution in [3.63, 3.8) is 0 Å². The fourth-order valence-electron chi connectivity index (χ4n) is 1.60. The molecule has 0 saturated carbocycles. The molecule has 0 amide bonds. The first kappa shape index (κ1) is 12.1. The molecule has 0 aliphatic rings. The third kappa shape index (κ3) is 3.28. The molecule has 0 aliphatic carbocycles. The van der Waals surface area contributed by atoms with Gasteiger partial charge in [-0.25, -0.2) is 4.98 Å². The first-order valence-electron chi connectivity index (χ1n) is 5.62.